The number of hydrogen-bond acceptors (Lipinski definition) is 5. The molecule has 1 aliphatic rings. The minimum atomic E-state index is -1.56. The van der Waals surface area contributed by atoms with E-state index in [0.717, 1.165) is 10.6 Å². The fraction of sp³-hybridized carbons (Fsp3) is 0.636. The van der Waals surface area contributed by atoms with Crippen LogP contribution in [0.3, 0.4) is 0 Å². The van der Waals surface area contributed by atoms with Gasteiger partial charge in [-0.1, -0.05) is 18.5 Å². The van der Waals surface area contributed by atoms with E-state index in [2.05, 4.69) is 4.98 Å². The quantitative estimate of drug-likeness (QED) is 0.617. The summed E-state index contributed by atoms with van der Waals surface area (Å²) >= 11 is 6.30. The molecular weight excluding hydrogens is 276 g/mol. The Morgan fingerprint density at radius 2 is 2.32 bits per heavy atom. The Balaban J connectivity index is 2.50. The molecule has 0 aromatic carbocycles. The Morgan fingerprint density at radius 1 is 1.63 bits per heavy atom. The summed E-state index contributed by atoms with van der Waals surface area (Å²) in [7, 11) is 0. The van der Waals surface area contributed by atoms with Crippen LogP contribution in [-0.4, -0.2) is 44.7 Å². The van der Waals surface area contributed by atoms with Gasteiger partial charge in [0.1, 0.15) is 11.7 Å². The minimum absolute atomic E-state index is 0.157. The first kappa shape index (κ1) is 14.3. The number of hydrogen-bond donors (Lipinski definition) is 3. The Kier molecular flexibility index (Phi) is 3.57. The molecule has 8 heteroatoms. The highest BCUT2D eigenvalue weighted by Gasteiger charge is 2.58. The number of alkyl halides is 1. The van der Waals surface area contributed by atoms with Crippen molar-refractivity contribution in [3.05, 3.63) is 33.1 Å². The summed E-state index contributed by atoms with van der Waals surface area (Å²) in [5.74, 6) is 0. The van der Waals surface area contributed by atoms with E-state index >= 15 is 0 Å². The number of nitrogens with one attached hydrogen (secondary N) is 1. The van der Waals surface area contributed by atoms with Crippen LogP contribution in [0.5, 0.6) is 0 Å². The molecule has 2 rings (SSSR count). The predicted molar refractivity (Wildman–Crippen MR) is 67.2 cm³/mol. The SMILES string of the molecule is CC[C@]1(CO)OC[C@](Cl)(n2ccc(=O)[nH]c2=O)[C@@H]1O. The predicted octanol–water partition coefficient (Wildman–Crippen LogP) is -1.04. The van der Waals surface area contributed by atoms with Crippen molar-refractivity contribution in [3.8, 4) is 0 Å². The number of halogens is 1. The first-order valence-electron chi connectivity index (χ1n) is 5.84. The number of aliphatic hydroxyl groups excluding tert-OH is 2. The molecule has 0 bridgehead atoms. The van der Waals surface area contributed by atoms with Crippen LogP contribution >= 0.6 is 11.6 Å². The molecule has 0 saturated carbocycles. The zero-order valence-corrected chi connectivity index (χ0v) is 11.1. The van der Waals surface area contributed by atoms with Crippen molar-refractivity contribution in [2.75, 3.05) is 13.2 Å². The summed E-state index contributed by atoms with van der Waals surface area (Å²) in [5.41, 5.74) is -2.51. The Morgan fingerprint density at radius 3 is 2.79 bits per heavy atom. The molecule has 3 N–H and O–H groups in total. The third-order valence-electron chi connectivity index (χ3n) is 3.57. The van der Waals surface area contributed by atoms with Crippen molar-refractivity contribution in [2.45, 2.75) is 30.0 Å². The summed E-state index contributed by atoms with van der Waals surface area (Å²) < 4.78 is 6.43. The fourth-order valence-corrected chi connectivity index (χ4v) is 2.64. The average molecular weight is 291 g/mol. The molecule has 0 unspecified atom stereocenters. The van der Waals surface area contributed by atoms with E-state index in [1.54, 1.807) is 6.92 Å². The van der Waals surface area contributed by atoms with Crippen molar-refractivity contribution >= 4 is 11.6 Å². The third-order valence-corrected chi connectivity index (χ3v) is 4.07. The van der Waals surface area contributed by atoms with E-state index < -0.39 is 34.6 Å². The van der Waals surface area contributed by atoms with E-state index in [1.165, 1.54) is 6.20 Å². The molecule has 0 amide bonds. The van der Waals surface area contributed by atoms with Gasteiger partial charge in [0, 0.05) is 12.3 Å². The zero-order valence-electron chi connectivity index (χ0n) is 10.3. The number of nitrogens with zero attached hydrogens (tertiary/aromatic N) is 1. The molecule has 19 heavy (non-hydrogen) atoms. The van der Waals surface area contributed by atoms with Gasteiger partial charge >= 0.3 is 5.69 Å². The van der Waals surface area contributed by atoms with Gasteiger partial charge in [-0.05, 0) is 6.42 Å². The lowest BCUT2D eigenvalue weighted by molar-refractivity contribution is -0.0946. The smallest absolute Gasteiger partial charge is 0.329 e. The highest BCUT2D eigenvalue weighted by Crippen LogP contribution is 2.42. The van der Waals surface area contributed by atoms with Crippen LogP contribution in [0.2, 0.25) is 0 Å². The lowest BCUT2D eigenvalue weighted by atomic mass is 9.92. The van der Waals surface area contributed by atoms with Crippen LogP contribution in [0.1, 0.15) is 13.3 Å². The number of aliphatic hydroxyl groups is 2. The fourth-order valence-electron chi connectivity index (χ4n) is 2.26. The lowest BCUT2D eigenvalue weighted by Gasteiger charge is -2.33. The topological polar surface area (TPSA) is 105 Å². The molecule has 2 heterocycles. The maximum Gasteiger partial charge on any atom is 0.329 e. The van der Waals surface area contributed by atoms with Crippen molar-refractivity contribution < 1.29 is 14.9 Å². The molecule has 0 spiro atoms. The van der Waals surface area contributed by atoms with E-state index in [4.69, 9.17) is 16.3 Å². The van der Waals surface area contributed by atoms with Gasteiger partial charge in [0.15, 0.2) is 5.00 Å². The van der Waals surface area contributed by atoms with Crippen LogP contribution in [0.15, 0.2) is 21.9 Å². The Bertz CT molecular complexity index is 579. The van der Waals surface area contributed by atoms with Gasteiger partial charge in [0.25, 0.3) is 5.56 Å². The Labute approximate surface area is 113 Å². The molecule has 1 aliphatic heterocycles. The second kappa shape index (κ2) is 4.75. The zero-order chi connectivity index (χ0) is 14.3. The standard InChI is InChI=1S/C11H15ClN2O5/c1-2-10(5-15)8(17)11(12,6-19-10)14-4-3-7(16)13-9(14)18/h3-4,8,15,17H,2,5-6H2,1H3,(H,13,16,18)/t8-,10-,11+/m1/s1. The molecular formula is C11H15ClN2O5. The number of H-pyrrole nitrogens is 1. The average Bonchev–Trinajstić information content (AvgIpc) is 2.64. The van der Waals surface area contributed by atoms with Gasteiger partial charge in [-0.25, -0.2) is 4.79 Å². The summed E-state index contributed by atoms with van der Waals surface area (Å²) in [6.07, 6.45) is 0.237. The second-order valence-corrected chi connectivity index (χ2v) is 5.22. The number of aromatic nitrogens is 2. The van der Waals surface area contributed by atoms with E-state index in [9.17, 15) is 19.8 Å². The minimum Gasteiger partial charge on any atom is -0.393 e. The highest BCUT2D eigenvalue weighted by atomic mass is 35.5. The van der Waals surface area contributed by atoms with Gasteiger partial charge in [0.05, 0.1) is 13.2 Å². The number of aromatic amines is 1. The van der Waals surface area contributed by atoms with Gasteiger partial charge in [-0.15, -0.1) is 0 Å². The normalized spacial score (nSPS) is 34.6. The molecule has 7 nitrogen and oxygen atoms in total. The van der Waals surface area contributed by atoms with Gasteiger partial charge in [0.2, 0.25) is 0 Å². The summed E-state index contributed by atoms with van der Waals surface area (Å²) in [4.78, 5) is 23.3. The molecule has 3 atom stereocenters. The van der Waals surface area contributed by atoms with Gasteiger partial charge in [-0.3, -0.25) is 14.3 Å². The molecule has 1 aromatic rings. The summed E-state index contributed by atoms with van der Waals surface area (Å²) in [6, 6.07) is 1.13. The van der Waals surface area contributed by atoms with E-state index in [1.807, 2.05) is 0 Å². The van der Waals surface area contributed by atoms with Crippen molar-refractivity contribution in [2.24, 2.45) is 0 Å². The van der Waals surface area contributed by atoms with Crippen LogP contribution < -0.4 is 11.2 Å². The molecule has 0 aliphatic carbocycles. The monoisotopic (exact) mass is 290 g/mol. The third kappa shape index (κ3) is 2.02. The van der Waals surface area contributed by atoms with Crippen molar-refractivity contribution in [1.82, 2.24) is 9.55 Å². The number of rotatable bonds is 3. The molecule has 0 radical (unpaired) electrons. The summed E-state index contributed by atoms with van der Waals surface area (Å²) in [6.45, 7) is 1.16. The molecule has 106 valence electrons. The first-order chi connectivity index (χ1) is 8.89. The van der Waals surface area contributed by atoms with Crippen LogP contribution in [-0.2, 0) is 9.73 Å². The molecule has 1 saturated heterocycles. The van der Waals surface area contributed by atoms with E-state index in [-0.39, 0.29) is 6.61 Å². The Hall–Kier alpha value is -1.15. The van der Waals surface area contributed by atoms with Gasteiger partial charge < -0.3 is 14.9 Å². The maximum absolute atomic E-state index is 11.8. The highest BCUT2D eigenvalue weighted by molar-refractivity contribution is 6.22. The lowest BCUT2D eigenvalue weighted by Crippen LogP contribution is -2.53. The number of ether oxygens (including phenoxy) is 1. The second-order valence-electron chi connectivity index (χ2n) is 4.57. The largest absolute Gasteiger partial charge is 0.393 e. The van der Waals surface area contributed by atoms with E-state index in [0.29, 0.717) is 6.42 Å². The van der Waals surface area contributed by atoms with Crippen LogP contribution in [0.4, 0.5) is 0 Å². The first-order valence-corrected chi connectivity index (χ1v) is 6.21. The van der Waals surface area contributed by atoms with Crippen LogP contribution in [0, 0.1) is 0 Å². The van der Waals surface area contributed by atoms with Gasteiger partial charge in [-0.2, -0.15) is 0 Å². The maximum atomic E-state index is 11.8. The van der Waals surface area contributed by atoms with Crippen LogP contribution in [0.25, 0.3) is 0 Å². The van der Waals surface area contributed by atoms with Crippen molar-refractivity contribution in [1.29, 1.82) is 0 Å². The molecule has 1 fully saturated rings. The summed E-state index contributed by atoms with van der Waals surface area (Å²) in [5, 5.41) is 19.7. The molecule has 1 aromatic heterocycles. The van der Waals surface area contributed by atoms with Crippen molar-refractivity contribution in [3.63, 3.8) is 0 Å².